The highest BCUT2D eigenvalue weighted by molar-refractivity contribution is 5.73. The predicted molar refractivity (Wildman–Crippen MR) is 55.4 cm³/mol. The van der Waals surface area contributed by atoms with Gasteiger partial charge < -0.3 is 9.47 Å². The largest absolute Gasteiger partial charge is 0.481 e. The maximum absolute atomic E-state index is 11.1. The van der Waals surface area contributed by atoms with Crippen LogP contribution in [0.1, 0.15) is 34.6 Å². The first-order valence-electron chi connectivity index (χ1n) is 4.67. The molecule has 0 aliphatic carbocycles. The van der Waals surface area contributed by atoms with Crippen LogP contribution in [0, 0.1) is 0 Å². The van der Waals surface area contributed by atoms with Crippen LogP contribution in [0.2, 0.25) is 0 Å². The molecule has 14 heavy (non-hydrogen) atoms. The Labute approximate surface area is 85.3 Å². The van der Waals surface area contributed by atoms with E-state index in [2.05, 4.69) is 4.99 Å². The molecule has 0 aromatic heterocycles. The zero-order chi connectivity index (χ0) is 11.2. The number of nitrogens with zero attached hydrogens (tertiary/aromatic N) is 1. The van der Waals surface area contributed by atoms with Gasteiger partial charge in [-0.05, 0) is 34.6 Å². The van der Waals surface area contributed by atoms with Gasteiger partial charge in [0.15, 0.2) is 6.40 Å². The molecule has 0 spiro atoms. The molecule has 0 saturated heterocycles. The summed E-state index contributed by atoms with van der Waals surface area (Å²) in [6.45, 7) is 9.24. The zero-order valence-electron chi connectivity index (χ0n) is 9.53. The zero-order valence-corrected chi connectivity index (χ0v) is 9.53. The van der Waals surface area contributed by atoms with Crippen LogP contribution in [-0.2, 0) is 14.3 Å². The van der Waals surface area contributed by atoms with Crippen LogP contribution in [0.25, 0.3) is 0 Å². The molecule has 0 rings (SSSR count). The van der Waals surface area contributed by atoms with E-state index in [0.29, 0.717) is 0 Å². The van der Waals surface area contributed by atoms with E-state index in [4.69, 9.17) is 9.47 Å². The lowest BCUT2D eigenvalue weighted by Crippen LogP contribution is -2.25. The van der Waals surface area contributed by atoms with E-state index >= 15 is 0 Å². The monoisotopic (exact) mass is 201 g/mol. The van der Waals surface area contributed by atoms with Gasteiger partial charge in [-0.3, -0.25) is 4.79 Å². The molecule has 0 heterocycles. The van der Waals surface area contributed by atoms with Gasteiger partial charge in [0.25, 0.3) is 0 Å². The average molecular weight is 201 g/mol. The lowest BCUT2D eigenvalue weighted by atomic mass is 10.2. The Bertz CT molecular complexity index is 204. The molecule has 0 unspecified atom stereocenters. The second-order valence-electron chi connectivity index (χ2n) is 4.22. The SMILES string of the molecule is CC(C)OC=NCC(=O)OC(C)(C)C. The van der Waals surface area contributed by atoms with E-state index in [1.807, 2.05) is 34.6 Å². The van der Waals surface area contributed by atoms with Gasteiger partial charge in [0.2, 0.25) is 0 Å². The van der Waals surface area contributed by atoms with Gasteiger partial charge in [0, 0.05) is 0 Å². The number of carbonyl (C=O) groups excluding carboxylic acids is 1. The molecule has 0 aromatic rings. The minimum absolute atomic E-state index is 0.00396. The summed E-state index contributed by atoms with van der Waals surface area (Å²) in [5.41, 5.74) is -0.453. The highest BCUT2D eigenvalue weighted by Crippen LogP contribution is 2.06. The van der Waals surface area contributed by atoms with E-state index in [1.165, 1.54) is 6.40 Å². The fourth-order valence-corrected chi connectivity index (χ4v) is 0.650. The van der Waals surface area contributed by atoms with Crippen LogP contribution in [0.5, 0.6) is 0 Å². The van der Waals surface area contributed by atoms with Gasteiger partial charge in [-0.1, -0.05) is 0 Å². The molecule has 0 bridgehead atoms. The predicted octanol–water partition coefficient (Wildman–Crippen LogP) is 1.78. The van der Waals surface area contributed by atoms with E-state index in [-0.39, 0.29) is 18.6 Å². The molecule has 0 aromatic carbocycles. The third-order valence-electron chi connectivity index (χ3n) is 1.05. The third kappa shape index (κ3) is 9.03. The molecular weight excluding hydrogens is 182 g/mol. The van der Waals surface area contributed by atoms with Crippen molar-refractivity contribution < 1.29 is 14.3 Å². The van der Waals surface area contributed by atoms with E-state index < -0.39 is 5.60 Å². The summed E-state index contributed by atoms with van der Waals surface area (Å²) in [6.07, 6.45) is 1.37. The molecule has 0 saturated carbocycles. The van der Waals surface area contributed by atoms with Crippen LogP contribution in [0.4, 0.5) is 0 Å². The van der Waals surface area contributed by atoms with Crippen LogP contribution >= 0.6 is 0 Å². The summed E-state index contributed by atoms with van der Waals surface area (Å²) >= 11 is 0. The number of aliphatic imine (C=N–C) groups is 1. The second kappa shape index (κ2) is 5.62. The Kier molecular flexibility index (Phi) is 5.20. The van der Waals surface area contributed by atoms with Crippen LogP contribution in [0.3, 0.4) is 0 Å². The Morgan fingerprint density at radius 1 is 1.43 bits per heavy atom. The van der Waals surface area contributed by atoms with Gasteiger partial charge in [0.1, 0.15) is 12.1 Å². The highest BCUT2D eigenvalue weighted by Gasteiger charge is 2.15. The van der Waals surface area contributed by atoms with E-state index in [1.54, 1.807) is 0 Å². The number of hydrogen-bond donors (Lipinski definition) is 0. The van der Waals surface area contributed by atoms with Gasteiger partial charge >= 0.3 is 5.97 Å². The Hall–Kier alpha value is -1.06. The summed E-state index contributed by atoms with van der Waals surface area (Å²) in [4.78, 5) is 14.9. The normalized spacial score (nSPS) is 12.1. The first kappa shape index (κ1) is 12.9. The number of hydrogen-bond acceptors (Lipinski definition) is 4. The molecule has 82 valence electrons. The Balaban J connectivity index is 3.70. The van der Waals surface area contributed by atoms with Crippen molar-refractivity contribution in [3.8, 4) is 0 Å². The van der Waals surface area contributed by atoms with Crippen molar-refractivity contribution in [3.63, 3.8) is 0 Å². The number of carbonyl (C=O) groups is 1. The summed E-state index contributed by atoms with van der Waals surface area (Å²) in [5.74, 6) is -0.346. The molecule has 4 nitrogen and oxygen atoms in total. The maximum atomic E-state index is 11.1. The van der Waals surface area contributed by atoms with E-state index in [0.717, 1.165) is 0 Å². The minimum atomic E-state index is -0.453. The smallest absolute Gasteiger partial charge is 0.328 e. The fourth-order valence-electron chi connectivity index (χ4n) is 0.650. The van der Waals surface area contributed by atoms with Crippen LogP contribution < -0.4 is 0 Å². The third-order valence-corrected chi connectivity index (χ3v) is 1.05. The van der Waals surface area contributed by atoms with Gasteiger partial charge in [0.05, 0.1) is 6.10 Å². The van der Waals surface area contributed by atoms with Crippen LogP contribution in [0.15, 0.2) is 4.99 Å². The van der Waals surface area contributed by atoms with Crippen molar-refractivity contribution in [2.24, 2.45) is 4.99 Å². The Morgan fingerprint density at radius 2 is 2.00 bits per heavy atom. The number of rotatable bonds is 4. The van der Waals surface area contributed by atoms with Crippen LogP contribution in [-0.4, -0.2) is 30.6 Å². The molecule has 0 aliphatic heterocycles. The lowest BCUT2D eigenvalue weighted by molar-refractivity contribution is -0.152. The summed E-state index contributed by atoms with van der Waals surface area (Å²) < 4.78 is 10.1. The first-order chi connectivity index (χ1) is 6.31. The first-order valence-corrected chi connectivity index (χ1v) is 4.67. The summed E-state index contributed by atoms with van der Waals surface area (Å²) in [7, 11) is 0. The fraction of sp³-hybridized carbons (Fsp3) is 0.800. The molecule has 0 atom stereocenters. The van der Waals surface area contributed by atoms with Crippen molar-refractivity contribution in [2.75, 3.05) is 6.54 Å². The van der Waals surface area contributed by atoms with Gasteiger partial charge in [-0.25, -0.2) is 4.99 Å². The lowest BCUT2D eigenvalue weighted by Gasteiger charge is -2.18. The summed E-state index contributed by atoms with van der Waals surface area (Å²) in [5, 5.41) is 0. The van der Waals surface area contributed by atoms with E-state index in [9.17, 15) is 4.79 Å². The molecule has 0 N–H and O–H groups in total. The second-order valence-corrected chi connectivity index (χ2v) is 4.22. The Morgan fingerprint density at radius 3 is 2.43 bits per heavy atom. The average Bonchev–Trinajstić information content (AvgIpc) is 1.94. The van der Waals surface area contributed by atoms with Crippen molar-refractivity contribution in [1.29, 1.82) is 0 Å². The highest BCUT2D eigenvalue weighted by atomic mass is 16.6. The quantitative estimate of drug-likeness (QED) is 0.396. The van der Waals surface area contributed by atoms with Gasteiger partial charge in [-0.15, -0.1) is 0 Å². The number of ether oxygens (including phenoxy) is 2. The molecule has 0 aliphatic rings. The van der Waals surface area contributed by atoms with Crippen molar-refractivity contribution in [2.45, 2.75) is 46.3 Å². The van der Waals surface area contributed by atoms with Gasteiger partial charge in [-0.2, -0.15) is 0 Å². The molecule has 0 fully saturated rings. The molecule has 0 radical (unpaired) electrons. The number of esters is 1. The van der Waals surface area contributed by atoms with Crippen molar-refractivity contribution in [1.82, 2.24) is 0 Å². The molecular formula is C10H19NO3. The standard InChI is InChI=1S/C10H19NO3/c1-8(2)13-7-11-6-9(12)14-10(3,4)5/h7-8H,6H2,1-5H3. The van der Waals surface area contributed by atoms with Crippen molar-refractivity contribution >= 4 is 12.4 Å². The molecule has 0 amide bonds. The van der Waals surface area contributed by atoms with Crippen molar-refractivity contribution in [3.05, 3.63) is 0 Å². The maximum Gasteiger partial charge on any atom is 0.328 e. The minimum Gasteiger partial charge on any atom is -0.481 e. The summed E-state index contributed by atoms with van der Waals surface area (Å²) in [6, 6.07) is 0. The topological polar surface area (TPSA) is 47.9 Å². The molecule has 4 heteroatoms.